The third-order valence-corrected chi connectivity index (χ3v) is 5.56. The molecule has 7 heteroatoms. The lowest BCUT2D eigenvalue weighted by molar-refractivity contribution is 0.0997. The Morgan fingerprint density at radius 2 is 1.97 bits per heavy atom. The minimum Gasteiger partial charge on any atom is -0.497 e. The fourth-order valence-corrected chi connectivity index (χ4v) is 4.10. The second-order valence-electron chi connectivity index (χ2n) is 6.64. The van der Waals surface area contributed by atoms with Crippen LogP contribution in [0.3, 0.4) is 0 Å². The number of benzene rings is 1. The molecule has 152 valence electrons. The molecule has 2 N–H and O–H groups in total. The summed E-state index contributed by atoms with van der Waals surface area (Å²) in [6, 6.07) is 18.8. The number of hydrogen-bond donors (Lipinski definition) is 2. The van der Waals surface area contributed by atoms with Crippen molar-refractivity contribution in [3.8, 4) is 5.75 Å². The molecule has 0 aliphatic rings. The van der Waals surface area contributed by atoms with E-state index in [0.717, 1.165) is 32.6 Å². The van der Waals surface area contributed by atoms with Crippen LogP contribution in [0.4, 0.5) is 10.8 Å². The van der Waals surface area contributed by atoms with Crippen molar-refractivity contribution in [2.24, 2.45) is 0 Å². The number of carbonyl (C=O) groups is 1. The number of amides is 1. The molecule has 0 aliphatic heterocycles. The van der Waals surface area contributed by atoms with Gasteiger partial charge in [-0.15, -0.1) is 11.3 Å². The molecule has 3 aromatic heterocycles. The van der Waals surface area contributed by atoms with Crippen LogP contribution < -0.4 is 15.4 Å². The first-order valence-corrected chi connectivity index (χ1v) is 10.2. The molecule has 3 heterocycles. The van der Waals surface area contributed by atoms with Crippen molar-refractivity contribution in [3.63, 3.8) is 0 Å². The lowest BCUT2D eigenvalue weighted by Crippen LogP contribution is -2.16. The molecule has 30 heavy (non-hydrogen) atoms. The molecular formula is C23H21N3O3S. The van der Waals surface area contributed by atoms with Gasteiger partial charge < -0.3 is 19.8 Å². The van der Waals surface area contributed by atoms with Crippen LogP contribution in [0.1, 0.15) is 32.6 Å². The van der Waals surface area contributed by atoms with Gasteiger partial charge in [0.25, 0.3) is 5.91 Å². The predicted octanol–water partition coefficient (Wildman–Crippen LogP) is 5.51. The fraction of sp³-hybridized carbons (Fsp3) is 0.130. The van der Waals surface area contributed by atoms with Crippen LogP contribution in [0, 0.1) is 6.92 Å². The molecule has 6 nitrogen and oxygen atoms in total. The monoisotopic (exact) mass is 419 g/mol. The number of pyridine rings is 1. The van der Waals surface area contributed by atoms with E-state index in [0.29, 0.717) is 0 Å². The maximum absolute atomic E-state index is 12.6. The molecule has 0 spiro atoms. The summed E-state index contributed by atoms with van der Waals surface area (Å²) >= 11 is 1.52. The van der Waals surface area contributed by atoms with Crippen molar-refractivity contribution in [1.82, 2.24) is 4.98 Å². The van der Waals surface area contributed by atoms with E-state index in [1.165, 1.54) is 17.6 Å². The molecule has 0 radical (unpaired) electrons. The fourth-order valence-electron chi connectivity index (χ4n) is 3.15. The highest BCUT2D eigenvalue weighted by molar-refractivity contribution is 7.16. The summed E-state index contributed by atoms with van der Waals surface area (Å²) in [5.74, 6) is 1.51. The van der Waals surface area contributed by atoms with E-state index in [9.17, 15) is 4.79 Å². The van der Waals surface area contributed by atoms with Crippen LogP contribution in [-0.4, -0.2) is 18.0 Å². The van der Waals surface area contributed by atoms with E-state index >= 15 is 0 Å². The van der Waals surface area contributed by atoms with Gasteiger partial charge in [0, 0.05) is 16.6 Å². The number of thiophene rings is 1. The number of carbonyl (C=O) groups excluding carboxylic acids is 1. The molecule has 0 saturated carbocycles. The lowest BCUT2D eigenvalue weighted by Gasteiger charge is -2.21. The third kappa shape index (κ3) is 4.36. The van der Waals surface area contributed by atoms with E-state index in [1.54, 1.807) is 25.4 Å². The summed E-state index contributed by atoms with van der Waals surface area (Å²) in [4.78, 5) is 18.1. The van der Waals surface area contributed by atoms with E-state index in [2.05, 4.69) is 21.7 Å². The summed E-state index contributed by atoms with van der Waals surface area (Å²) in [5.41, 5.74) is 1.97. The Bertz CT molecular complexity index is 1110. The van der Waals surface area contributed by atoms with Gasteiger partial charge in [-0.3, -0.25) is 4.79 Å². The van der Waals surface area contributed by atoms with Crippen molar-refractivity contribution < 1.29 is 13.9 Å². The predicted molar refractivity (Wildman–Crippen MR) is 118 cm³/mol. The van der Waals surface area contributed by atoms with E-state index in [4.69, 9.17) is 9.15 Å². The molecule has 0 saturated heterocycles. The van der Waals surface area contributed by atoms with E-state index in [1.807, 2.05) is 49.4 Å². The first-order valence-electron chi connectivity index (χ1n) is 9.41. The lowest BCUT2D eigenvalue weighted by atomic mass is 9.99. The van der Waals surface area contributed by atoms with Gasteiger partial charge in [0.2, 0.25) is 0 Å². The summed E-state index contributed by atoms with van der Waals surface area (Å²) in [6.07, 6.45) is 3.23. The number of furan rings is 1. The highest BCUT2D eigenvalue weighted by Crippen LogP contribution is 2.38. The highest BCUT2D eigenvalue weighted by atomic mass is 32.1. The number of ether oxygens (including phenoxy) is 1. The molecule has 4 aromatic rings. The van der Waals surface area contributed by atoms with Gasteiger partial charge in [0.1, 0.15) is 16.6 Å². The summed E-state index contributed by atoms with van der Waals surface area (Å²) < 4.78 is 10.5. The van der Waals surface area contributed by atoms with Gasteiger partial charge in [-0.25, -0.2) is 4.98 Å². The molecule has 0 unspecified atom stereocenters. The van der Waals surface area contributed by atoms with Gasteiger partial charge in [-0.05, 0) is 55.0 Å². The van der Waals surface area contributed by atoms with Crippen molar-refractivity contribution in [2.45, 2.75) is 13.0 Å². The van der Waals surface area contributed by atoms with Crippen LogP contribution in [0.5, 0.6) is 5.75 Å². The van der Waals surface area contributed by atoms with Crippen LogP contribution in [0.15, 0.2) is 77.5 Å². The van der Waals surface area contributed by atoms with Crippen LogP contribution in [0.2, 0.25) is 0 Å². The molecule has 1 amide bonds. The Hall–Kier alpha value is -3.58. The maximum Gasteiger partial charge on any atom is 0.291 e. The van der Waals surface area contributed by atoms with Gasteiger partial charge >= 0.3 is 0 Å². The Balaban J connectivity index is 1.71. The Morgan fingerprint density at radius 1 is 1.13 bits per heavy atom. The first kappa shape index (κ1) is 19.7. The minimum absolute atomic E-state index is 0.220. The molecule has 1 atom stereocenters. The zero-order valence-corrected chi connectivity index (χ0v) is 17.4. The molecule has 0 bridgehead atoms. The number of nitrogens with zero attached hydrogens (tertiary/aromatic N) is 1. The number of hydrogen-bond acceptors (Lipinski definition) is 6. The number of methoxy groups -OCH3 is 1. The second kappa shape index (κ2) is 8.84. The summed E-state index contributed by atoms with van der Waals surface area (Å²) in [6.45, 7) is 2.02. The summed E-state index contributed by atoms with van der Waals surface area (Å²) in [7, 11) is 1.64. The zero-order valence-electron chi connectivity index (χ0n) is 16.6. The van der Waals surface area contributed by atoms with Crippen molar-refractivity contribution in [3.05, 3.63) is 94.9 Å². The van der Waals surface area contributed by atoms with Gasteiger partial charge in [0.15, 0.2) is 5.76 Å². The smallest absolute Gasteiger partial charge is 0.291 e. The Labute approximate surface area is 178 Å². The standard InChI is InChI=1S/C23H21N3O3S/c1-15-14-18(23(30-15)26-22(27)19-6-5-13-29-19)21(25-20-7-3-4-12-24-20)16-8-10-17(28-2)11-9-16/h3-14,21H,1-2H3,(H,24,25)(H,26,27)/t21-/m1/s1. The van der Waals surface area contributed by atoms with Gasteiger partial charge in [-0.2, -0.15) is 0 Å². The van der Waals surface area contributed by atoms with Crippen LogP contribution in [0.25, 0.3) is 0 Å². The van der Waals surface area contributed by atoms with Crippen molar-refractivity contribution in [1.29, 1.82) is 0 Å². The number of aryl methyl sites for hydroxylation is 1. The van der Waals surface area contributed by atoms with Gasteiger partial charge in [0.05, 0.1) is 19.4 Å². The Morgan fingerprint density at radius 3 is 2.63 bits per heavy atom. The maximum atomic E-state index is 12.6. The Kier molecular flexibility index (Phi) is 5.81. The molecule has 1 aromatic carbocycles. The quantitative estimate of drug-likeness (QED) is 0.413. The average molecular weight is 420 g/mol. The van der Waals surface area contributed by atoms with Crippen LogP contribution in [-0.2, 0) is 0 Å². The number of nitrogens with one attached hydrogen (secondary N) is 2. The third-order valence-electron chi connectivity index (χ3n) is 4.57. The zero-order chi connectivity index (χ0) is 20.9. The number of aromatic nitrogens is 1. The minimum atomic E-state index is -0.283. The summed E-state index contributed by atoms with van der Waals surface area (Å²) in [5, 5.41) is 7.25. The molecule has 0 fully saturated rings. The van der Waals surface area contributed by atoms with Crippen molar-refractivity contribution in [2.75, 3.05) is 17.7 Å². The molecule has 4 rings (SSSR count). The SMILES string of the molecule is COc1ccc([C@@H](Nc2ccccn2)c2cc(C)sc2NC(=O)c2ccco2)cc1. The number of anilines is 2. The average Bonchev–Trinajstić information content (AvgIpc) is 3.43. The highest BCUT2D eigenvalue weighted by Gasteiger charge is 2.22. The van der Waals surface area contributed by atoms with Crippen molar-refractivity contribution >= 4 is 28.1 Å². The van der Waals surface area contributed by atoms with Crippen LogP contribution >= 0.6 is 11.3 Å². The first-order chi connectivity index (χ1) is 14.6. The topological polar surface area (TPSA) is 76.4 Å². The van der Waals surface area contributed by atoms with E-state index in [-0.39, 0.29) is 17.7 Å². The normalized spacial score (nSPS) is 11.7. The van der Waals surface area contributed by atoms with E-state index < -0.39 is 0 Å². The largest absolute Gasteiger partial charge is 0.497 e. The number of rotatable bonds is 7. The second-order valence-corrected chi connectivity index (χ2v) is 7.89. The molecular weight excluding hydrogens is 398 g/mol. The molecule has 0 aliphatic carbocycles. The van der Waals surface area contributed by atoms with Gasteiger partial charge in [-0.1, -0.05) is 18.2 Å².